The van der Waals surface area contributed by atoms with E-state index in [1.165, 1.54) is 7.11 Å². The molecule has 0 radical (unpaired) electrons. The predicted octanol–water partition coefficient (Wildman–Crippen LogP) is 3.63. The Hall–Kier alpha value is -1.84. The molecule has 0 aliphatic carbocycles. The third-order valence-electron chi connectivity index (χ3n) is 3.22. The van der Waals surface area contributed by atoms with Gasteiger partial charge in [0, 0.05) is 11.6 Å². The summed E-state index contributed by atoms with van der Waals surface area (Å²) in [6.45, 7) is 4.17. The van der Waals surface area contributed by atoms with E-state index < -0.39 is 0 Å². The number of methoxy groups -OCH3 is 1. The van der Waals surface area contributed by atoms with Gasteiger partial charge in [0.1, 0.15) is 0 Å². The number of rotatable bonds is 7. The summed E-state index contributed by atoms with van der Waals surface area (Å²) in [5.74, 6) is -0.262. The molecule has 0 unspecified atom stereocenters. The average Bonchev–Trinajstić information content (AvgIpc) is 2.47. The fourth-order valence-electron chi connectivity index (χ4n) is 2.16. The van der Waals surface area contributed by atoms with Gasteiger partial charge in [0.05, 0.1) is 12.7 Å². The maximum absolute atomic E-state index is 12.2. The van der Waals surface area contributed by atoms with Gasteiger partial charge in [-0.1, -0.05) is 26.7 Å². The molecule has 0 atom stereocenters. The van der Waals surface area contributed by atoms with E-state index >= 15 is 0 Å². The number of benzene rings is 1. The second-order valence-corrected chi connectivity index (χ2v) is 4.83. The van der Waals surface area contributed by atoms with Crippen LogP contribution in [-0.2, 0) is 9.53 Å². The Morgan fingerprint density at radius 1 is 1.10 bits per heavy atom. The normalized spacial score (nSPS) is 10.4. The van der Waals surface area contributed by atoms with Crippen molar-refractivity contribution in [1.82, 2.24) is 0 Å². The highest BCUT2D eigenvalue weighted by molar-refractivity contribution is 5.94. The van der Waals surface area contributed by atoms with Gasteiger partial charge in [-0.05, 0) is 37.1 Å². The molecular formula is C16H23NO3. The van der Waals surface area contributed by atoms with Crippen LogP contribution in [-0.4, -0.2) is 19.0 Å². The largest absolute Gasteiger partial charge is 0.465 e. The van der Waals surface area contributed by atoms with Crippen molar-refractivity contribution in [2.75, 3.05) is 12.4 Å². The highest BCUT2D eigenvalue weighted by Crippen LogP contribution is 2.17. The first-order valence-electron chi connectivity index (χ1n) is 7.11. The number of nitrogens with one attached hydrogen (secondary N) is 1. The van der Waals surface area contributed by atoms with Crippen LogP contribution < -0.4 is 5.32 Å². The number of hydrogen-bond donors (Lipinski definition) is 1. The molecule has 0 aromatic heterocycles. The molecule has 1 amide bonds. The number of amides is 1. The van der Waals surface area contributed by atoms with Crippen LogP contribution in [0.2, 0.25) is 0 Å². The Morgan fingerprint density at radius 3 is 2.10 bits per heavy atom. The molecule has 0 saturated heterocycles. The zero-order valence-corrected chi connectivity index (χ0v) is 12.4. The fourth-order valence-corrected chi connectivity index (χ4v) is 2.16. The van der Waals surface area contributed by atoms with Crippen molar-refractivity contribution in [3.63, 3.8) is 0 Å². The molecule has 4 nitrogen and oxygen atoms in total. The molecule has 20 heavy (non-hydrogen) atoms. The summed E-state index contributed by atoms with van der Waals surface area (Å²) in [6.07, 6.45) is 3.80. The minimum atomic E-state index is -0.377. The van der Waals surface area contributed by atoms with Crippen molar-refractivity contribution in [1.29, 1.82) is 0 Å². The van der Waals surface area contributed by atoms with E-state index in [2.05, 4.69) is 23.9 Å². The Kier molecular flexibility index (Phi) is 6.77. The summed E-state index contributed by atoms with van der Waals surface area (Å²) in [7, 11) is 1.35. The second kappa shape index (κ2) is 8.35. The van der Waals surface area contributed by atoms with Crippen LogP contribution in [0.5, 0.6) is 0 Å². The molecule has 0 spiro atoms. The van der Waals surface area contributed by atoms with Gasteiger partial charge in [0.2, 0.25) is 5.91 Å². The zero-order chi connectivity index (χ0) is 15.0. The summed E-state index contributed by atoms with van der Waals surface area (Å²) in [6, 6.07) is 6.74. The van der Waals surface area contributed by atoms with Gasteiger partial charge in [-0.25, -0.2) is 4.79 Å². The topological polar surface area (TPSA) is 55.4 Å². The summed E-state index contributed by atoms with van der Waals surface area (Å²) >= 11 is 0. The second-order valence-electron chi connectivity index (χ2n) is 4.83. The highest BCUT2D eigenvalue weighted by atomic mass is 16.5. The lowest BCUT2D eigenvalue weighted by Gasteiger charge is -2.15. The molecule has 1 N–H and O–H groups in total. The summed E-state index contributed by atoms with van der Waals surface area (Å²) in [5.41, 5.74) is 1.18. The molecule has 0 aliphatic rings. The zero-order valence-electron chi connectivity index (χ0n) is 12.4. The summed E-state index contributed by atoms with van der Waals surface area (Å²) in [4.78, 5) is 23.5. The number of carbonyl (C=O) groups is 2. The lowest BCUT2D eigenvalue weighted by atomic mass is 9.97. The third kappa shape index (κ3) is 4.68. The molecule has 0 bridgehead atoms. The standard InChI is InChI=1S/C16H23NO3/c1-4-6-12(7-5-2)15(18)17-14-10-8-13(9-11-14)16(19)20-3/h8-12H,4-7H2,1-3H3,(H,17,18). The van der Waals surface area contributed by atoms with Crippen molar-refractivity contribution in [3.05, 3.63) is 29.8 Å². The number of hydrogen-bond acceptors (Lipinski definition) is 3. The van der Waals surface area contributed by atoms with Crippen molar-refractivity contribution in [2.45, 2.75) is 39.5 Å². The Morgan fingerprint density at radius 2 is 1.65 bits per heavy atom. The molecule has 110 valence electrons. The lowest BCUT2D eigenvalue weighted by Crippen LogP contribution is -2.22. The smallest absolute Gasteiger partial charge is 0.337 e. The highest BCUT2D eigenvalue weighted by Gasteiger charge is 2.16. The first kappa shape index (κ1) is 16.2. The van der Waals surface area contributed by atoms with Gasteiger partial charge >= 0.3 is 5.97 Å². The first-order valence-corrected chi connectivity index (χ1v) is 7.11. The van der Waals surface area contributed by atoms with E-state index in [1.54, 1.807) is 24.3 Å². The average molecular weight is 277 g/mol. The van der Waals surface area contributed by atoms with Crippen LogP contribution in [0.3, 0.4) is 0 Å². The maximum atomic E-state index is 12.2. The molecule has 0 saturated carbocycles. The minimum Gasteiger partial charge on any atom is -0.465 e. The van der Waals surface area contributed by atoms with Gasteiger partial charge in [-0.2, -0.15) is 0 Å². The number of esters is 1. The van der Waals surface area contributed by atoms with Crippen LogP contribution in [0, 0.1) is 5.92 Å². The number of ether oxygens (including phenoxy) is 1. The van der Waals surface area contributed by atoms with Crippen molar-refractivity contribution < 1.29 is 14.3 Å². The van der Waals surface area contributed by atoms with Gasteiger partial charge in [-0.15, -0.1) is 0 Å². The SMILES string of the molecule is CCCC(CCC)C(=O)Nc1ccc(C(=O)OC)cc1. The van der Waals surface area contributed by atoms with Crippen LogP contribution >= 0.6 is 0 Å². The van der Waals surface area contributed by atoms with Gasteiger partial charge < -0.3 is 10.1 Å². The molecule has 1 aromatic carbocycles. The van der Waals surface area contributed by atoms with Gasteiger partial charge in [0.25, 0.3) is 0 Å². The first-order chi connectivity index (χ1) is 9.62. The molecule has 0 aliphatic heterocycles. The molecule has 1 aromatic rings. The molecule has 0 heterocycles. The van der Waals surface area contributed by atoms with Crippen LogP contribution in [0.4, 0.5) is 5.69 Å². The van der Waals surface area contributed by atoms with E-state index in [0.717, 1.165) is 25.7 Å². The van der Waals surface area contributed by atoms with Crippen molar-refractivity contribution in [3.8, 4) is 0 Å². The molecule has 4 heteroatoms. The summed E-state index contributed by atoms with van der Waals surface area (Å²) < 4.78 is 4.63. The summed E-state index contributed by atoms with van der Waals surface area (Å²) in [5, 5.41) is 2.90. The predicted molar refractivity (Wildman–Crippen MR) is 79.7 cm³/mol. The van der Waals surface area contributed by atoms with E-state index in [-0.39, 0.29) is 17.8 Å². The van der Waals surface area contributed by atoms with E-state index in [0.29, 0.717) is 11.3 Å². The number of anilines is 1. The van der Waals surface area contributed by atoms with Crippen molar-refractivity contribution in [2.24, 2.45) is 5.92 Å². The van der Waals surface area contributed by atoms with E-state index in [9.17, 15) is 9.59 Å². The Bertz CT molecular complexity index is 434. The Balaban J connectivity index is 2.67. The number of carbonyl (C=O) groups excluding carboxylic acids is 2. The third-order valence-corrected chi connectivity index (χ3v) is 3.22. The van der Waals surface area contributed by atoms with Crippen LogP contribution in [0.25, 0.3) is 0 Å². The van der Waals surface area contributed by atoms with Crippen molar-refractivity contribution >= 4 is 17.6 Å². The van der Waals surface area contributed by atoms with Crippen LogP contribution in [0.15, 0.2) is 24.3 Å². The Labute approximate surface area is 120 Å². The minimum absolute atomic E-state index is 0.0551. The van der Waals surface area contributed by atoms with Gasteiger partial charge in [0.15, 0.2) is 0 Å². The maximum Gasteiger partial charge on any atom is 0.337 e. The van der Waals surface area contributed by atoms with E-state index in [4.69, 9.17) is 0 Å². The van der Waals surface area contributed by atoms with Gasteiger partial charge in [-0.3, -0.25) is 4.79 Å². The molecule has 1 rings (SSSR count). The molecule has 0 fully saturated rings. The monoisotopic (exact) mass is 277 g/mol. The fraction of sp³-hybridized carbons (Fsp3) is 0.500. The van der Waals surface area contributed by atoms with E-state index in [1.807, 2.05) is 0 Å². The lowest BCUT2D eigenvalue weighted by molar-refractivity contribution is -0.120. The van der Waals surface area contributed by atoms with Crippen LogP contribution in [0.1, 0.15) is 49.9 Å². The quantitative estimate of drug-likeness (QED) is 0.774. The molecular weight excluding hydrogens is 254 g/mol.